The van der Waals surface area contributed by atoms with E-state index in [1.165, 1.54) is 0 Å². The number of amides is 1. The lowest BCUT2D eigenvalue weighted by molar-refractivity contribution is -0.231. The number of piperazine rings is 1. The Morgan fingerprint density at radius 1 is 1.04 bits per heavy atom. The molecule has 8 heteroatoms. The molecule has 4 saturated heterocycles. The monoisotopic (exact) mass is 328 g/mol. The van der Waals surface area contributed by atoms with Crippen molar-refractivity contribution < 1.29 is 28.5 Å². The Hall–Kier alpha value is -0.770. The van der Waals surface area contributed by atoms with Gasteiger partial charge >= 0.3 is 0 Å². The summed E-state index contributed by atoms with van der Waals surface area (Å²) in [4.78, 5) is 11.6. The molecule has 4 aliphatic rings. The summed E-state index contributed by atoms with van der Waals surface area (Å²) in [6, 6.07) is 0. The van der Waals surface area contributed by atoms with Crippen molar-refractivity contribution in [3.8, 4) is 0 Å². The molecule has 0 bridgehead atoms. The number of hydrogen-bond acceptors (Lipinski definition) is 7. The van der Waals surface area contributed by atoms with Gasteiger partial charge in [-0.25, -0.2) is 0 Å². The zero-order valence-corrected chi connectivity index (χ0v) is 13.9. The normalized spacial score (nSPS) is 47.7. The molecule has 4 aliphatic heterocycles. The van der Waals surface area contributed by atoms with Crippen LogP contribution in [0.1, 0.15) is 27.7 Å². The van der Waals surface area contributed by atoms with Crippen LogP contribution in [0.5, 0.6) is 0 Å². The van der Waals surface area contributed by atoms with Gasteiger partial charge in [-0.1, -0.05) is 0 Å². The van der Waals surface area contributed by atoms with E-state index in [1.54, 1.807) is 0 Å². The highest BCUT2D eigenvalue weighted by Gasteiger charge is 2.67. The molecule has 2 N–H and O–H groups in total. The predicted octanol–water partition coefficient (Wildman–Crippen LogP) is -0.527. The molecule has 0 aliphatic carbocycles. The van der Waals surface area contributed by atoms with E-state index in [1.807, 2.05) is 27.7 Å². The number of rotatable bonds is 1. The second-order valence-corrected chi connectivity index (χ2v) is 7.52. The highest BCUT2D eigenvalue weighted by Crippen LogP contribution is 2.46. The Kier molecular flexibility index (Phi) is 3.33. The maximum Gasteiger partial charge on any atom is 0.234 e. The van der Waals surface area contributed by atoms with Gasteiger partial charge in [-0.3, -0.25) is 10.1 Å². The van der Waals surface area contributed by atoms with Crippen LogP contribution in [0.4, 0.5) is 0 Å². The largest absolute Gasteiger partial charge is 0.353 e. The van der Waals surface area contributed by atoms with Crippen LogP contribution in [0.25, 0.3) is 0 Å². The Bertz CT molecular complexity index is 512. The number of carbonyl (C=O) groups excluding carboxylic acids is 1. The quantitative estimate of drug-likeness (QED) is 0.669. The lowest BCUT2D eigenvalue weighted by Gasteiger charge is -2.43. The molecule has 0 aromatic carbocycles. The SMILES string of the molecule is CC1(C)OC[C@H]([C@H]2O[C@@H]3OC(C)(C)O[C@@H]3[C@@]23CNC(=O)CN3)O1. The Morgan fingerprint density at radius 3 is 2.43 bits per heavy atom. The van der Waals surface area contributed by atoms with Gasteiger partial charge in [0.25, 0.3) is 0 Å². The van der Waals surface area contributed by atoms with Crippen molar-refractivity contribution in [3.63, 3.8) is 0 Å². The van der Waals surface area contributed by atoms with Gasteiger partial charge in [-0.2, -0.15) is 0 Å². The second kappa shape index (κ2) is 4.87. The molecule has 4 rings (SSSR count). The molecule has 4 heterocycles. The van der Waals surface area contributed by atoms with Crippen molar-refractivity contribution in [2.45, 2.75) is 69.4 Å². The zero-order chi connectivity index (χ0) is 16.5. The summed E-state index contributed by atoms with van der Waals surface area (Å²) in [5, 5.41) is 6.25. The average Bonchev–Trinajstić information content (AvgIpc) is 3.04. The van der Waals surface area contributed by atoms with Gasteiger partial charge in [0.15, 0.2) is 17.9 Å². The Morgan fingerprint density at radius 2 is 1.83 bits per heavy atom. The van der Waals surface area contributed by atoms with Crippen LogP contribution < -0.4 is 10.6 Å². The standard InChI is InChI=1S/C15H24N2O6/c1-13(2)19-6-8(21-13)10-15(7-16-9(18)5-17-15)11-12(20-10)23-14(3,4)22-11/h8,10-12,17H,5-7H2,1-4H3,(H,16,18)/t8-,10-,11+,12-,15-/m1/s1. The third-order valence-corrected chi connectivity index (χ3v) is 4.88. The van der Waals surface area contributed by atoms with Crippen molar-refractivity contribution in [1.82, 2.24) is 10.6 Å². The first-order valence-corrected chi connectivity index (χ1v) is 8.05. The molecule has 1 spiro atoms. The minimum Gasteiger partial charge on any atom is -0.353 e. The predicted molar refractivity (Wildman–Crippen MR) is 77.3 cm³/mol. The van der Waals surface area contributed by atoms with E-state index in [2.05, 4.69) is 10.6 Å². The van der Waals surface area contributed by atoms with Crippen LogP contribution >= 0.6 is 0 Å². The molecule has 0 radical (unpaired) electrons. The minimum atomic E-state index is -0.720. The molecule has 23 heavy (non-hydrogen) atoms. The molecule has 0 aromatic heterocycles. The van der Waals surface area contributed by atoms with Gasteiger partial charge in [0.1, 0.15) is 18.3 Å². The van der Waals surface area contributed by atoms with Crippen molar-refractivity contribution in [1.29, 1.82) is 0 Å². The average molecular weight is 328 g/mol. The maximum absolute atomic E-state index is 11.6. The van der Waals surface area contributed by atoms with Crippen LogP contribution in [-0.2, 0) is 28.5 Å². The van der Waals surface area contributed by atoms with Crippen LogP contribution in [0.3, 0.4) is 0 Å². The maximum atomic E-state index is 11.6. The van der Waals surface area contributed by atoms with E-state index in [-0.39, 0.29) is 30.8 Å². The third-order valence-electron chi connectivity index (χ3n) is 4.88. The van der Waals surface area contributed by atoms with E-state index >= 15 is 0 Å². The van der Waals surface area contributed by atoms with E-state index in [0.717, 1.165) is 0 Å². The fraction of sp³-hybridized carbons (Fsp3) is 0.933. The number of ether oxygens (including phenoxy) is 5. The van der Waals surface area contributed by atoms with Gasteiger partial charge in [-0.15, -0.1) is 0 Å². The van der Waals surface area contributed by atoms with Crippen LogP contribution in [0, 0.1) is 0 Å². The second-order valence-electron chi connectivity index (χ2n) is 7.52. The van der Waals surface area contributed by atoms with Crippen molar-refractivity contribution in [2.24, 2.45) is 0 Å². The van der Waals surface area contributed by atoms with Gasteiger partial charge in [0.2, 0.25) is 5.91 Å². The van der Waals surface area contributed by atoms with Gasteiger partial charge in [-0.05, 0) is 27.7 Å². The summed E-state index contributed by atoms with van der Waals surface area (Å²) in [7, 11) is 0. The number of carbonyl (C=O) groups is 1. The zero-order valence-electron chi connectivity index (χ0n) is 13.9. The summed E-state index contributed by atoms with van der Waals surface area (Å²) < 4.78 is 29.8. The van der Waals surface area contributed by atoms with Crippen LogP contribution in [0.15, 0.2) is 0 Å². The van der Waals surface area contributed by atoms with Crippen LogP contribution in [-0.4, -0.2) is 67.3 Å². The summed E-state index contributed by atoms with van der Waals surface area (Å²) in [6.45, 7) is 8.51. The first-order valence-electron chi connectivity index (χ1n) is 8.05. The highest BCUT2D eigenvalue weighted by atomic mass is 16.8. The molecule has 0 saturated carbocycles. The number of hydrogen-bond donors (Lipinski definition) is 2. The van der Waals surface area contributed by atoms with Gasteiger partial charge in [0, 0.05) is 6.54 Å². The first kappa shape index (κ1) is 15.7. The molecular formula is C15H24N2O6. The van der Waals surface area contributed by atoms with E-state index in [9.17, 15) is 4.79 Å². The lowest BCUT2D eigenvalue weighted by Crippen LogP contribution is -2.72. The molecule has 8 nitrogen and oxygen atoms in total. The van der Waals surface area contributed by atoms with E-state index < -0.39 is 23.4 Å². The topological polar surface area (TPSA) is 87.3 Å². The smallest absolute Gasteiger partial charge is 0.234 e. The number of fused-ring (bicyclic) bond motifs is 2. The minimum absolute atomic E-state index is 0.0417. The third kappa shape index (κ3) is 2.48. The highest BCUT2D eigenvalue weighted by molar-refractivity contribution is 5.79. The van der Waals surface area contributed by atoms with Gasteiger partial charge < -0.3 is 29.0 Å². The van der Waals surface area contributed by atoms with Crippen molar-refractivity contribution >= 4 is 5.91 Å². The van der Waals surface area contributed by atoms with E-state index in [4.69, 9.17) is 23.7 Å². The summed E-state index contributed by atoms with van der Waals surface area (Å²) >= 11 is 0. The molecular weight excluding hydrogens is 304 g/mol. The van der Waals surface area contributed by atoms with Crippen LogP contribution in [0.2, 0.25) is 0 Å². The summed E-state index contributed by atoms with van der Waals surface area (Å²) in [5.74, 6) is -1.41. The summed E-state index contributed by atoms with van der Waals surface area (Å²) in [6.07, 6.45) is -1.41. The lowest BCUT2D eigenvalue weighted by atomic mass is 9.84. The fourth-order valence-electron chi connectivity index (χ4n) is 3.91. The van der Waals surface area contributed by atoms with Gasteiger partial charge in [0.05, 0.1) is 18.7 Å². The number of nitrogens with one attached hydrogen (secondary N) is 2. The molecule has 5 atom stereocenters. The van der Waals surface area contributed by atoms with E-state index in [0.29, 0.717) is 13.2 Å². The summed E-state index contributed by atoms with van der Waals surface area (Å²) in [5.41, 5.74) is -0.596. The molecule has 4 fully saturated rings. The fourth-order valence-corrected chi connectivity index (χ4v) is 3.91. The van der Waals surface area contributed by atoms with Crippen molar-refractivity contribution in [2.75, 3.05) is 19.7 Å². The molecule has 0 unspecified atom stereocenters. The van der Waals surface area contributed by atoms with Crippen molar-refractivity contribution in [3.05, 3.63) is 0 Å². The molecule has 0 aromatic rings. The first-order chi connectivity index (χ1) is 10.7. The Labute approximate surface area is 135 Å². The molecule has 130 valence electrons. The molecule has 1 amide bonds. The Balaban J connectivity index is 1.63.